The zero-order valence-corrected chi connectivity index (χ0v) is 23.5. The Hall–Kier alpha value is -3.07. The zero-order chi connectivity index (χ0) is 27.1. The average Bonchev–Trinajstić information content (AvgIpc) is 2.91. The number of nitrogens with zero attached hydrogens (tertiary/aromatic N) is 1. The maximum absolute atomic E-state index is 12.7. The summed E-state index contributed by atoms with van der Waals surface area (Å²) in [5, 5.41) is 6.54. The van der Waals surface area contributed by atoms with E-state index in [9.17, 15) is 14.4 Å². The number of benzene rings is 3. The first-order valence-electron chi connectivity index (χ1n) is 12.1. The molecule has 2 N–H and O–H groups in total. The first kappa shape index (κ1) is 28.0. The third-order valence-corrected chi connectivity index (χ3v) is 7.15. The molecular weight excluding hydrogens is 593 g/mol. The molecule has 0 saturated carbocycles. The Labute approximate surface area is 239 Å². The third-order valence-electron chi connectivity index (χ3n) is 6.19. The van der Waals surface area contributed by atoms with Crippen LogP contribution >= 0.6 is 39.1 Å². The van der Waals surface area contributed by atoms with E-state index in [1.807, 2.05) is 12.1 Å². The van der Waals surface area contributed by atoms with E-state index in [4.69, 9.17) is 27.9 Å². The lowest BCUT2D eigenvalue weighted by molar-refractivity contribution is -0.144. The number of ether oxygens (including phenoxy) is 1. The first-order valence-corrected chi connectivity index (χ1v) is 13.6. The second-order valence-corrected chi connectivity index (χ2v) is 10.8. The molecule has 3 aromatic carbocycles. The lowest BCUT2D eigenvalue weighted by atomic mass is 9.97. The van der Waals surface area contributed by atoms with Crippen molar-refractivity contribution in [1.82, 2.24) is 10.2 Å². The highest BCUT2D eigenvalue weighted by Crippen LogP contribution is 2.26. The number of carbonyl (C=O) groups is 3. The summed E-state index contributed by atoms with van der Waals surface area (Å²) in [6, 6.07) is 19.2. The number of rotatable bonds is 7. The van der Waals surface area contributed by atoms with Gasteiger partial charge < -0.3 is 20.3 Å². The van der Waals surface area contributed by atoms with Gasteiger partial charge in [0.15, 0.2) is 0 Å². The molecule has 0 atom stereocenters. The Kier molecular flexibility index (Phi) is 9.66. The van der Waals surface area contributed by atoms with Gasteiger partial charge in [-0.1, -0.05) is 51.3 Å². The molecule has 1 fully saturated rings. The lowest BCUT2D eigenvalue weighted by Crippen LogP contribution is -2.44. The molecule has 0 aliphatic carbocycles. The molecule has 3 amide bonds. The quantitative estimate of drug-likeness (QED) is 0.321. The van der Waals surface area contributed by atoms with Crippen LogP contribution < -0.4 is 15.4 Å². The fourth-order valence-corrected chi connectivity index (χ4v) is 4.82. The van der Waals surface area contributed by atoms with E-state index < -0.39 is 11.8 Å². The van der Waals surface area contributed by atoms with Crippen LogP contribution in [0.15, 0.2) is 71.2 Å². The molecule has 0 aromatic heterocycles. The maximum atomic E-state index is 12.7. The number of nitrogens with one attached hydrogen (secondary N) is 2. The number of anilines is 1. The van der Waals surface area contributed by atoms with Gasteiger partial charge in [0, 0.05) is 45.4 Å². The molecule has 0 radical (unpaired) electrons. The van der Waals surface area contributed by atoms with E-state index in [2.05, 4.69) is 26.6 Å². The highest BCUT2D eigenvalue weighted by Gasteiger charge is 2.27. The SMILES string of the molecule is O=C(Nc1ccc(CNC(=O)c2ccc(Br)cc2)cc1)C(=O)N1CCC(COc2cc(Cl)cc(Cl)c2)CC1. The van der Waals surface area contributed by atoms with Gasteiger partial charge in [0.25, 0.3) is 5.91 Å². The van der Waals surface area contributed by atoms with Crippen LogP contribution in [0.5, 0.6) is 5.75 Å². The van der Waals surface area contributed by atoms with Crippen LogP contribution in [0.4, 0.5) is 5.69 Å². The van der Waals surface area contributed by atoms with Crippen LogP contribution in [-0.2, 0) is 16.1 Å². The molecule has 0 spiro atoms. The highest BCUT2D eigenvalue weighted by molar-refractivity contribution is 9.10. The summed E-state index contributed by atoms with van der Waals surface area (Å²) in [4.78, 5) is 39.0. The summed E-state index contributed by atoms with van der Waals surface area (Å²) < 4.78 is 6.72. The van der Waals surface area contributed by atoms with Gasteiger partial charge in [-0.2, -0.15) is 0 Å². The molecule has 4 rings (SSSR count). The summed E-state index contributed by atoms with van der Waals surface area (Å²) in [5.74, 6) is -0.541. The Morgan fingerprint density at radius 1 is 0.921 bits per heavy atom. The predicted molar refractivity (Wildman–Crippen MR) is 152 cm³/mol. The van der Waals surface area contributed by atoms with Gasteiger partial charge in [-0.05, 0) is 78.9 Å². The summed E-state index contributed by atoms with van der Waals surface area (Å²) in [5.41, 5.74) is 1.94. The monoisotopic (exact) mass is 617 g/mol. The largest absolute Gasteiger partial charge is 0.493 e. The van der Waals surface area contributed by atoms with E-state index >= 15 is 0 Å². The molecule has 10 heteroatoms. The van der Waals surface area contributed by atoms with Crippen LogP contribution in [0.2, 0.25) is 10.0 Å². The number of likely N-dealkylation sites (tertiary alicyclic amines) is 1. The molecule has 38 heavy (non-hydrogen) atoms. The number of hydrogen-bond acceptors (Lipinski definition) is 4. The summed E-state index contributed by atoms with van der Waals surface area (Å²) >= 11 is 15.4. The standard InChI is InChI=1S/C28H26BrCl2N3O4/c29-21-5-3-20(4-6-21)26(35)32-16-18-1-7-24(8-2-18)33-27(36)28(37)34-11-9-19(10-12-34)17-38-25-14-22(30)13-23(31)15-25/h1-8,13-15,19H,9-12,16-17H2,(H,32,35)(H,33,36). The average molecular weight is 619 g/mol. The van der Waals surface area contributed by atoms with Crippen molar-refractivity contribution in [3.63, 3.8) is 0 Å². The fraction of sp³-hybridized carbons (Fsp3) is 0.250. The minimum atomic E-state index is -0.676. The summed E-state index contributed by atoms with van der Waals surface area (Å²) in [6.07, 6.45) is 1.46. The van der Waals surface area contributed by atoms with Crippen LogP contribution in [0.1, 0.15) is 28.8 Å². The van der Waals surface area contributed by atoms with E-state index in [0.717, 1.165) is 22.9 Å². The molecule has 0 bridgehead atoms. The van der Waals surface area contributed by atoms with Crippen molar-refractivity contribution in [2.75, 3.05) is 25.0 Å². The molecule has 1 heterocycles. The van der Waals surface area contributed by atoms with E-state index in [-0.39, 0.29) is 11.8 Å². The molecule has 1 saturated heterocycles. The van der Waals surface area contributed by atoms with Gasteiger partial charge in [0.2, 0.25) is 0 Å². The van der Waals surface area contributed by atoms with Gasteiger partial charge in [0.05, 0.1) is 6.61 Å². The van der Waals surface area contributed by atoms with Crippen molar-refractivity contribution >= 4 is 62.5 Å². The van der Waals surface area contributed by atoms with Crippen LogP contribution in [0.3, 0.4) is 0 Å². The molecule has 3 aromatic rings. The van der Waals surface area contributed by atoms with Crippen LogP contribution in [0, 0.1) is 5.92 Å². The van der Waals surface area contributed by atoms with Crippen molar-refractivity contribution in [3.05, 3.63) is 92.4 Å². The zero-order valence-electron chi connectivity index (χ0n) is 20.4. The minimum absolute atomic E-state index is 0.176. The summed E-state index contributed by atoms with van der Waals surface area (Å²) in [7, 11) is 0. The van der Waals surface area contributed by atoms with Crippen LogP contribution in [-0.4, -0.2) is 42.3 Å². The van der Waals surface area contributed by atoms with Gasteiger partial charge in [0.1, 0.15) is 5.75 Å². The van der Waals surface area contributed by atoms with Crippen molar-refractivity contribution < 1.29 is 19.1 Å². The summed E-state index contributed by atoms with van der Waals surface area (Å²) in [6.45, 7) is 1.78. The number of carbonyl (C=O) groups excluding carboxylic acids is 3. The number of hydrogen-bond donors (Lipinski definition) is 2. The van der Waals surface area contributed by atoms with Crippen LogP contribution in [0.25, 0.3) is 0 Å². The molecular formula is C28H26BrCl2N3O4. The van der Waals surface area contributed by atoms with Crippen molar-refractivity contribution in [2.45, 2.75) is 19.4 Å². The second-order valence-electron chi connectivity index (χ2n) is 8.99. The molecule has 198 valence electrons. The van der Waals surface area contributed by atoms with Gasteiger partial charge in [-0.15, -0.1) is 0 Å². The van der Waals surface area contributed by atoms with E-state index in [1.54, 1.807) is 59.5 Å². The van der Waals surface area contributed by atoms with Gasteiger partial charge in [-0.25, -0.2) is 0 Å². The number of piperidine rings is 1. The van der Waals surface area contributed by atoms with Crippen molar-refractivity contribution in [1.29, 1.82) is 0 Å². The number of halogens is 3. The van der Waals surface area contributed by atoms with E-state index in [1.165, 1.54) is 0 Å². The Morgan fingerprint density at radius 2 is 1.55 bits per heavy atom. The molecule has 0 unspecified atom stereocenters. The Bertz CT molecular complexity index is 1270. The minimum Gasteiger partial charge on any atom is -0.493 e. The third kappa shape index (κ3) is 7.96. The fourth-order valence-electron chi connectivity index (χ4n) is 4.05. The maximum Gasteiger partial charge on any atom is 0.313 e. The topological polar surface area (TPSA) is 87.7 Å². The predicted octanol–water partition coefficient (Wildman–Crippen LogP) is 5.94. The molecule has 1 aliphatic rings. The first-order chi connectivity index (χ1) is 18.3. The highest BCUT2D eigenvalue weighted by atomic mass is 79.9. The Balaban J connectivity index is 1.19. The second kappa shape index (κ2) is 13.1. The van der Waals surface area contributed by atoms with Gasteiger partial charge in [-0.3, -0.25) is 14.4 Å². The van der Waals surface area contributed by atoms with Crippen molar-refractivity contribution in [2.24, 2.45) is 5.92 Å². The Morgan fingerprint density at radius 3 is 2.18 bits per heavy atom. The molecule has 1 aliphatic heterocycles. The normalized spacial score (nSPS) is 13.6. The van der Waals surface area contributed by atoms with Gasteiger partial charge >= 0.3 is 11.8 Å². The number of amides is 3. The lowest BCUT2D eigenvalue weighted by Gasteiger charge is -2.31. The molecule has 7 nitrogen and oxygen atoms in total. The van der Waals surface area contributed by atoms with Crippen molar-refractivity contribution in [3.8, 4) is 5.75 Å². The smallest absolute Gasteiger partial charge is 0.313 e. The van der Waals surface area contributed by atoms with E-state index in [0.29, 0.717) is 53.3 Å².